The minimum absolute atomic E-state index is 0.0560. The van der Waals surface area contributed by atoms with Crippen LogP contribution in [-0.4, -0.2) is 19.3 Å². The second kappa shape index (κ2) is 6.04. The van der Waals surface area contributed by atoms with Crippen LogP contribution in [0.15, 0.2) is 36.4 Å². The van der Waals surface area contributed by atoms with E-state index in [-0.39, 0.29) is 12.1 Å². The fraction of sp³-hybridized carbons (Fsp3) is 0.333. The lowest BCUT2D eigenvalue weighted by Gasteiger charge is -2.32. The van der Waals surface area contributed by atoms with E-state index < -0.39 is 0 Å². The van der Waals surface area contributed by atoms with Gasteiger partial charge in [0.1, 0.15) is 6.61 Å². The van der Waals surface area contributed by atoms with Gasteiger partial charge in [-0.15, -0.1) is 11.3 Å². The number of rotatable bonds is 4. The predicted octanol–water partition coefficient (Wildman–Crippen LogP) is 3.89. The zero-order valence-electron chi connectivity index (χ0n) is 11.1. The number of ether oxygens (including phenoxy) is 2. The van der Waals surface area contributed by atoms with Crippen molar-refractivity contribution in [3.05, 3.63) is 45.6 Å². The quantitative estimate of drug-likeness (QED) is 0.929. The van der Waals surface area contributed by atoms with Gasteiger partial charge in [-0.05, 0) is 30.8 Å². The van der Waals surface area contributed by atoms with Gasteiger partial charge in [0.2, 0.25) is 0 Å². The van der Waals surface area contributed by atoms with Crippen molar-refractivity contribution in [1.29, 1.82) is 0 Å². The number of thiophene rings is 1. The lowest BCUT2D eigenvalue weighted by atomic mass is 10.1. The first-order chi connectivity index (χ1) is 9.78. The summed E-state index contributed by atoms with van der Waals surface area (Å²) in [6.45, 7) is 3.48. The molecule has 1 aromatic carbocycles. The number of para-hydroxylation sites is 2. The highest BCUT2D eigenvalue weighted by molar-refractivity contribution is 7.16. The number of likely N-dealkylation sites (N-methyl/N-ethyl adjacent to an activating group) is 1. The number of halogens is 1. The molecule has 1 aliphatic heterocycles. The minimum Gasteiger partial charge on any atom is -0.486 e. The summed E-state index contributed by atoms with van der Waals surface area (Å²) in [4.78, 5) is 1.17. The molecule has 20 heavy (non-hydrogen) atoms. The highest BCUT2D eigenvalue weighted by Crippen LogP contribution is 2.36. The van der Waals surface area contributed by atoms with E-state index in [1.54, 1.807) is 11.3 Å². The molecule has 3 nitrogen and oxygen atoms in total. The van der Waals surface area contributed by atoms with E-state index in [1.165, 1.54) is 4.88 Å². The number of benzene rings is 1. The van der Waals surface area contributed by atoms with E-state index in [1.807, 2.05) is 36.4 Å². The van der Waals surface area contributed by atoms with Crippen molar-refractivity contribution in [3.8, 4) is 11.5 Å². The Balaban J connectivity index is 1.83. The normalized spacial score (nSPS) is 18.8. The summed E-state index contributed by atoms with van der Waals surface area (Å²) in [6, 6.07) is 11.8. The Morgan fingerprint density at radius 2 is 2.10 bits per heavy atom. The minimum atomic E-state index is -0.0560. The van der Waals surface area contributed by atoms with Gasteiger partial charge in [-0.25, -0.2) is 0 Å². The van der Waals surface area contributed by atoms with Crippen LogP contribution in [0.4, 0.5) is 0 Å². The second-order valence-corrected chi connectivity index (χ2v) is 6.34. The number of nitrogens with one attached hydrogen (secondary N) is 1. The molecule has 2 unspecified atom stereocenters. The first-order valence-corrected chi connectivity index (χ1v) is 7.84. The molecule has 0 saturated carbocycles. The topological polar surface area (TPSA) is 30.5 Å². The number of fused-ring (bicyclic) bond motifs is 1. The number of hydrogen-bond acceptors (Lipinski definition) is 4. The van der Waals surface area contributed by atoms with Crippen molar-refractivity contribution in [2.24, 2.45) is 0 Å². The van der Waals surface area contributed by atoms with E-state index in [9.17, 15) is 0 Å². The first-order valence-electron chi connectivity index (χ1n) is 6.65. The van der Waals surface area contributed by atoms with Gasteiger partial charge in [-0.3, -0.25) is 0 Å². The van der Waals surface area contributed by atoms with Crippen LogP contribution in [0.3, 0.4) is 0 Å². The molecule has 2 heterocycles. The molecule has 0 fully saturated rings. The Kier molecular flexibility index (Phi) is 4.15. The molecule has 0 radical (unpaired) electrons. The highest BCUT2D eigenvalue weighted by Gasteiger charge is 2.30. The lowest BCUT2D eigenvalue weighted by Crippen LogP contribution is -2.41. The largest absolute Gasteiger partial charge is 0.486 e. The second-order valence-electron chi connectivity index (χ2n) is 4.59. The van der Waals surface area contributed by atoms with Crippen LogP contribution in [0, 0.1) is 0 Å². The summed E-state index contributed by atoms with van der Waals surface area (Å²) in [5, 5.41) is 3.46. The standard InChI is InChI=1S/C15H16ClNO2S/c1-2-17-15(13-7-8-14(16)20-13)12-9-18-10-5-3-4-6-11(10)19-12/h3-8,12,15,17H,2,9H2,1H3. The fourth-order valence-corrected chi connectivity index (χ4v) is 3.52. The van der Waals surface area contributed by atoms with Gasteiger partial charge in [-0.1, -0.05) is 30.7 Å². The van der Waals surface area contributed by atoms with E-state index in [4.69, 9.17) is 21.1 Å². The zero-order chi connectivity index (χ0) is 13.9. The molecule has 0 aliphatic carbocycles. The van der Waals surface area contributed by atoms with Gasteiger partial charge >= 0.3 is 0 Å². The molecule has 0 amide bonds. The van der Waals surface area contributed by atoms with Crippen LogP contribution in [0.5, 0.6) is 11.5 Å². The number of hydrogen-bond donors (Lipinski definition) is 1. The summed E-state index contributed by atoms with van der Waals surface area (Å²) in [5.74, 6) is 1.61. The molecule has 1 aromatic heterocycles. The van der Waals surface area contributed by atoms with Gasteiger partial charge in [0.05, 0.1) is 10.4 Å². The molecule has 5 heteroatoms. The van der Waals surface area contributed by atoms with Crippen molar-refractivity contribution < 1.29 is 9.47 Å². The molecule has 0 bridgehead atoms. The molecule has 1 N–H and O–H groups in total. The van der Waals surface area contributed by atoms with Crippen molar-refractivity contribution in [3.63, 3.8) is 0 Å². The third-order valence-electron chi connectivity index (χ3n) is 3.23. The first kappa shape index (κ1) is 13.7. The van der Waals surface area contributed by atoms with Gasteiger partial charge in [0.15, 0.2) is 17.6 Å². The average molecular weight is 310 g/mol. The molecule has 0 spiro atoms. The van der Waals surface area contributed by atoms with E-state index in [0.717, 1.165) is 22.4 Å². The van der Waals surface area contributed by atoms with Crippen LogP contribution < -0.4 is 14.8 Å². The Labute approximate surface area is 127 Å². The predicted molar refractivity (Wildman–Crippen MR) is 82.1 cm³/mol. The van der Waals surface area contributed by atoms with Gasteiger partial charge in [0, 0.05) is 4.88 Å². The maximum Gasteiger partial charge on any atom is 0.161 e. The van der Waals surface area contributed by atoms with Crippen molar-refractivity contribution in [2.75, 3.05) is 13.2 Å². The molecule has 1 aliphatic rings. The van der Waals surface area contributed by atoms with Crippen LogP contribution in [0.2, 0.25) is 4.34 Å². The van der Waals surface area contributed by atoms with Crippen LogP contribution >= 0.6 is 22.9 Å². The summed E-state index contributed by atoms with van der Waals surface area (Å²) in [7, 11) is 0. The summed E-state index contributed by atoms with van der Waals surface area (Å²) < 4.78 is 12.7. The Morgan fingerprint density at radius 3 is 2.80 bits per heavy atom. The van der Waals surface area contributed by atoms with E-state index in [0.29, 0.717) is 6.61 Å². The molecule has 2 atom stereocenters. The van der Waals surface area contributed by atoms with Crippen molar-refractivity contribution in [2.45, 2.75) is 19.1 Å². The average Bonchev–Trinajstić information content (AvgIpc) is 2.90. The highest BCUT2D eigenvalue weighted by atomic mass is 35.5. The van der Waals surface area contributed by atoms with E-state index in [2.05, 4.69) is 12.2 Å². The SMILES string of the molecule is CCNC(c1ccc(Cl)s1)C1COc2ccccc2O1. The van der Waals surface area contributed by atoms with Crippen molar-refractivity contribution in [1.82, 2.24) is 5.32 Å². The van der Waals surface area contributed by atoms with E-state index >= 15 is 0 Å². The molecule has 2 aromatic rings. The Morgan fingerprint density at radius 1 is 1.30 bits per heavy atom. The Hall–Kier alpha value is -1.23. The third-order valence-corrected chi connectivity index (χ3v) is 4.54. The Bertz CT molecular complexity index is 587. The summed E-state index contributed by atoms with van der Waals surface area (Å²) >= 11 is 7.62. The van der Waals surface area contributed by atoms with Gasteiger partial charge in [0.25, 0.3) is 0 Å². The molecular weight excluding hydrogens is 294 g/mol. The van der Waals surface area contributed by atoms with Crippen LogP contribution in [0.1, 0.15) is 17.8 Å². The smallest absolute Gasteiger partial charge is 0.161 e. The fourth-order valence-electron chi connectivity index (χ4n) is 2.33. The van der Waals surface area contributed by atoms with Crippen LogP contribution in [-0.2, 0) is 0 Å². The van der Waals surface area contributed by atoms with Crippen molar-refractivity contribution >= 4 is 22.9 Å². The summed E-state index contributed by atoms with van der Waals surface area (Å²) in [6.07, 6.45) is -0.0560. The maximum absolute atomic E-state index is 6.09. The maximum atomic E-state index is 6.09. The zero-order valence-corrected chi connectivity index (χ0v) is 12.7. The molecule has 106 valence electrons. The molecular formula is C15H16ClNO2S. The molecule has 3 rings (SSSR count). The van der Waals surface area contributed by atoms with Crippen LogP contribution in [0.25, 0.3) is 0 Å². The third kappa shape index (κ3) is 2.77. The lowest BCUT2D eigenvalue weighted by molar-refractivity contribution is 0.0631. The summed E-state index contributed by atoms with van der Waals surface area (Å²) in [5.41, 5.74) is 0. The molecule has 0 saturated heterocycles. The van der Waals surface area contributed by atoms with Gasteiger partial charge < -0.3 is 14.8 Å². The monoisotopic (exact) mass is 309 g/mol. The van der Waals surface area contributed by atoms with Gasteiger partial charge in [-0.2, -0.15) is 0 Å².